The number of para-hydroxylation sites is 1. The van der Waals surface area contributed by atoms with Crippen LogP contribution >= 0.6 is 11.3 Å². The first-order valence-electron chi connectivity index (χ1n) is 10.3. The van der Waals surface area contributed by atoms with Gasteiger partial charge in [-0.15, -0.1) is 11.3 Å². The van der Waals surface area contributed by atoms with Gasteiger partial charge in [0.2, 0.25) is 17.7 Å². The summed E-state index contributed by atoms with van der Waals surface area (Å²) in [6, 6.07) is 7.98. The van der Waals surface area contributed by atoms with Crippen molar-refractivity contribution >= 4 is 45.1 Å². The quantitative estimate of drug-likeness (QED) is 0.612. The van der Waals surface area contributed by atoms with E-state index in [0.29, 0.717) is 5.13 Å². The van der Waals surface area contributed by atoms with Crippen LogP contribution in [0.2, 0.25) is 0 Å². The minimum absolute atomic E-state index is 0.0823. The Morgan fingerprint density at radius 1 is 1.17 bits per heavy atom. The smallest absolute Gasteiger partial charge is 0.233 e. The lowest BCUT2D eigenvalue weighted by molar-refractivity contribution is -0.140. The molecule has 2 atom stereocenters. The van der Waals surface area contributed by atoms with E-state index in [1.807, 2.05) is 35.8 Å². The second kappa shape index (κ2) is 7.68. The highest BCUT2D eigenvalue weighted by Crippen LogP contribution is 2.38. The van der Waals surface area contributed by atoms with Crippen molar-refractivity contribution in [1.29, 1.82) is 0 Å². The van der Waals surface area contributed by atoms with Gasteiger partial charge in [-0.1, -0.05) is 31.0 Å². The summed E-state index contributed by atoms with van der Waals surface area (Å²) in [7, 11) is 0. The number of anilines is 1. The normalized spacial score (nSPS) is 21.3. The van der Waals surface area contributed by atoms with Crippen molar-refractivity contribution in [3.05, 3.63) is 35.8 Å². The van der Waals surface area contributed by atoms with E-state index in [9.17, 15) is 14.4 Å². The Morgan fingerprint density at radius 2 is 1.90 bits per heavy atom. The molecule has 0 spiro atoms. The highest BCUT2D eigenvalue weighted by molar-refractivity contribution is 7.14. The monoisotopic (exact) mass is 422 g/mol. The molecule has 3 heterocycles. The lowest BCUT2D eigenvalue weighted by atomic mass is 9.81. The molecule has 7 nitrogen and oxygen atoms in total. The summed E-state index contributed by atoms with van der Waals surface area (Å²) in [5.74, 6) is -0.800. The van der Waals surface area contributed by atoms with Crippen LogP contribution in [0, 0.1) is 11.8 Å². The number of thiazole rings is 1. The zero-order valence-corrected chi connectivity index (χ0v) is 17.2. The van der Waals surface area contributed by atoms with Crippen molar-refractivity contribution in [1.82, 2.24) is 14.9 Å². The molecule has 3 aromatic rings. The van der Waals surface area contributed by atoms with Gasteiger partial charge in [-0.05, 0) is 18.9 Å². The first kappa shape index (κ1) is 19.0. The number of carbonyl (C=O) groups is 3. The van der Waals surface area contributed by atoms with Crippen molar-refractivity contribution in [2.24, 2.45) is 11.8 Å². The number of rotatable bonds is 5. The molecule has 2 aliphatic rings. The van der Waals surface area contributed by atoms with E-state index in [4.69, 9.17) is 0 Å². The lowest BCUT2D eigenvalue weighted by Gasteiger charge is -2.19. The fourth-order valence-electron chi connectivity index (χ4n) is 4.58. The maximum Gasteiger partial charge on any atom is 0.233 e. The van der Waals surface area contributed by atoms with Crippen molar-refractivity contribution in [2.75, 3.05) is 11.9 Å². The number of aromatic nitrogens is 2. The van der Waals surface area contributed by atoms with E-state index >= 15 is 0 Å². The summed E-state index contributed by atoms with van der Waals surface area (Å²) >= 11 is 1.36. The van der Waals surface area contributed by atoms with Crippen LogP contribution in [0.15, 0.2) is 35.8 Å². The molecule has 2 fully saturated rings. The van der Waals surface area contributed by atoms with Crippen LogP contribution in [0.25, 0.3) is 22.2 Å². The summed E-state index contributed by atoms with van der Waals surface area (Å²) in [6.45, 7) is 0.136. The van der Waals surface area contributed by atoms with Crippen molar-refractivity contribution in [3.8, 4) is 11.3 Å². The summed E-state index contributed by atoms with van der Waals surface area (Å²) < 4.78 is 0. The summed E-state index contributed by atoms with van der Waals surface area (Å²) in [6.07, 6.45) is 5.56. The molecule has 1 aliphatic heterocycles. The highest BCUT2D eigenvalue weighted by Gasteiger charge is 2.47. The molecule has 30 heavy (non-hydrogen) atoms. The lowest BCUT2D eigenvalue weighted by Crippen LogP contribution is -2.34. The number of nitrogens with zero attached hydrogens (tertiary/aromatic N) is 2. The fraction of sp³-hybridized carbons (Fsp3) is 0.364. The van der Waals surface area contributed by atoms with Crippen LogP contribution < -0.4 is 5.32 Å². The topological polar surface area (TPSA) is 95.2 Å². The van der Waals surface area contributed by atoms with Gasteiger partial charge in [0.15, 0.2) is 5.13 Å². The number of H-pyrrole nitrogens is 1. The van der Waals surface area contributed by atoms with Gasteiger partial charge in [0.1, 0.15) is 0 Å². The number of nitrogens with one attached hydrogen (secondary N) is 2. The van der Waals surface area contributed by atoms with Gasteiger partial charge < -0.3 is 10.3 Å². The molecular weight excluding hydrogens is 400 g/mol. The molecule has 2 unspecified atom stereocenters. The van der Waals surface area contributed by atoms with Crippen LogP contribution in [0.3, 0.4) is 0 Å². The van der Waals surface area contributed by atoms with Gasteiger partial charge in [-0.3, -0.25) is 19.3 Å². The third-order valence-corrected chi connectivity index (χ3v) is 6.87. The summed E-state index contributed by atoms with van der Waals surface area (Å²) in [4.78, 5) is 46.5. The Kier molecular flexibility index (Phi) is 4.86. The Balaban J connectivity index is 1.22. The van der Waals surface area contributed by atoms with Crippen LogP contribution in [-0.4, -0.2) is 39.1 Å². The van der Waals surface area contributed by atoms with Gasteiger partial charge >= 0.3 is 0 Å². The van der Waals surface area contributed by atoms with Crippen LogP contribution in [0.5, 0.6) is 0 Å². The molecule has 154 valence electrons. The molecule has 0 radical (unpaired) electrons. The highest BCUT2D eigenvalue weighted by atomic mass is 32.1. The molecule has 1 aliphatic carbocycles. The average molecular weight is 423 g/mol. The number of likely N-dealkylation sites (tertiary alicyclic amines) is 1. The Hall–Kier alpha value is -3.00. The van der Waals surface area contributed by atoms with E-state index < -0.39 is 0 Å². The summed E-state index contributed by atoms with van der Waals surface area (Å²) in [5, 5.41) is 6.29. The fourth-order valence-corrected chi connectivity index (χ4v) is 5.31. The third kappa shape index (κ3) is 3.31. The van der Waals surface area contributed by atoms with Gasteiger partial charge in [-0.2, -0.15) is 0 Å². The molecule has 1 saturated heterocycles. The number of fused-ring (bicyclic) bond motifs is 2. The van der Waals surface area contributed by atoms with Gasteiger partial charge in [0.25, 0.3) is 0 Å². The number of imide groups is 1. The Morgan fingerprint density at radius 3 is 2.67 bits per heavy atom. The minimum Gasteiger partial charge on any atom is -0.360 e. The molecule has 1 saturated carbocycles. The molecule has 0 bridgehead atoms. The van der Waals surface area contributed by atoms with Gasteiger partial charge in [0, 0.05) is 41.0 Å². The molecular formula is C22H22N4O3S. The van der Waals surface area contributed by atoms with Crippen molar-refractivity contribution < 1.29 is 14.4 Å². The number of aromatic amines is 1. The van der Waals surface area contributed by atoms with Crippen molar-refractivity contribution in [3.63, 3.8) is 0 Å². The number of carbonyl (C=O) groups excluding carboxylic acids is 3. The zero-order chi connectivity index (χ0) is 20.7. The predicted molar refractivity (Wildman–Crippen MR) is 115 cm³/mol. The van der Waals surface area contributed by atoms with Crippen molar-refractivity contribution in [2.45, 2.75) is 32.1 Å². The minimum atomic E-state index is -0.245. The number of amides is 3. The zero-order valence-electron chi connectivity index (χ0n) is 16.4. The predicted octanol–water partition coefficient (Wildman–Crippen LogP) is 3.80. The standard InChI is InChI=1S/C22H22N4O3S/c27-19(9-10-26-20(28)14-6-1-2-7-15(14)21(26)29)25-22-24-18(12-30-22)16-11-23-17-8-4-3-5-13(16)17/h3-5,8,11-12,14-15,23H,1-2,6-7,9-10H2,(H,24,25,27). The first-order chi connectivity index (χ1) is 14.6. The van der Waals surface area contributed by atoms with Crippen LogP contribution in [0.4, 0.5) is 5.13 Å². The summed E-state index contributed by atoms with van der Waals surface area (Å²) in [5.41, 5.74) is 2.81. The maximum absolute atomic E-state index is 12.5. The Labute approximate surface area is 177 Å². The number of benzene rings is 1. The van der Waals surface area contributed by atoms with E-state index in [1.54, 1.807) is 0 Å². The third-order valence-electron chi connectivity index (χ3n) is 6.11. The average Bonchev–Trinajstić information content (AvgIpc) is 3.45. The van der Waals surface area contributed by atoms with Crippen LogP contribution in [-0.2, 0) is 14.4 Å². The van der Waals surface area contributed by atoms with E-state index in [-0.39, 0.29) is 42.5 Å². The van der Waals surface area contributed by atoms with E-state index in [1.165, 1.54) is 16.2 Å². The second-order valence-corrected chi connectivity index (χ2v) is 8.77. The molecule has 2 N–H and O–H groups in total. The van der Waals surface area contributed by atoms with Crippen LogP contribution in [0.1, 0.15) is 32.1 Å². The molecule has 2 aromatic heterocycles. The Bertz CT molecular complexity index is 1110. The van der Waals surface area contributed by atoms with E-state index in [2.05, 4.69) is 15.3 Å². The first-order valence-corrected chi connectivity index (χ1v) is 11.2. The van der Waals surface area contributed by atoms with E-state index in [0.717, 1.165) is 47.8 Å². The van der Waals surface area contributed by atoms with Gasteiger partial charge in [0.05, 0.1) is 17.5 Å². The number of hydrogen-bond donors (Lipinski definition) is 2. The second-order valence-electron chi connectivity index (χ2n) is 7.91. The maximum atomic E-state index is 12.5. The largest absolute Gasteiger partial charge is 0.360 e. The van der Waals surface area contributed by atoms with Gasteiger partial charge in [-0.25, -0.2) is 4.98 Å². The molecule has 3 amide bonds. The molecule has 8 heteroatoms. The molecule has 5 rings (SSSR count). The SMILES string of the molecule is O=C(CCN1C(=O)C2CCCCC2C1=O)Nc1nc(-c2c[nH]c3ccccc23)cs1. The molecule has 1 aromatic carbocycles. The number of hydrogen-bond acceptors (Lipinski definition) is 5.